The first-order chi connectivity index (χ1) is 14.5. The average Bonchev–Trinajstić information content (AvgIpc) is 2.77. The molecule has 0 aliphatic carbocycles. The van der Waals surface area contributed by atoms with Crippen molar-refractivity contribution in [3.8, 4) is 5.75 Å². The Hall–Kier alpha value is -3.78. The third kappa shape index (κ3) is 4.13. The smallest absolute Gasteiger partial charge is 0.338 e. The van der Waals surface area contributed by atoms with Crippen LogP contribution in [0.5, 0.6) is 5.75 Å². The molecule has 0 amide bonds. The van der Waals surface area contributed by atoms with Crippen molar-refractivity contribution < 1.29 is 28.3 Å². The third-order valence-electron chi connectivity index (χ3n) is 4.55. The summed E-state index contributed by atoms with van der Waals surface area (Å²) in [7, 11) is 0. The molecule has 0 radical (unpaired) electrons. The molecule has 3 aromatic carbocycles. The van der Waals surface area contributed by atoms with Crippen LogP contribution < -0.4 is 4.74 Å². The van der Waals surface area contributed by atoms with Gasteiger partial charge in [-0.15, -0.1) is 0 Å². The van der Waals surface area contributed by atoms with Gasteiger partial charge in [-0.25, -0.2) is 9.18 Å². The number of nitro groups is 1. The molecule has 0 saturated carbocycles. The van der Waals surface area contributed by atoms with Gasteiger partial charge in [0.15, 0.2) is 0 Å². The predicted octanol–water partition coefficient (Wildman–Crippen LogP) is 4.70. The lowest BCUT2D eigenvalue weighted by molar-refractivity contribution is -0.384. The molecule has 0 N–H and O–H groups in total. The van der Waals surface area contributed by atoms with Crippen LogP contribution in [-0.4, -0.2) is 10.9 Å². The summed E-state index contributed by atoms with van der Waals surface area (Å²) in [5.74, 6) is -0.882. The SMILES string of the molecule is O=C(OCc1cc(F)cc2c1O[C@H](c1ccccc1)OC2)c1cccc([N+](=O)[O-])c1. The number of ether oxygens (including phenoxy) is 3. The predicted molar refractivity (Wildman–Crippen MR) is 103 cm³/mol. The molecule has 7 nitrogen and oxygen atoms in total. The Morgan fingerprint density at radius 2 is 1.93 bits per heavy atom. The number of non-ortho nitro benzene ring substituents is 1. The standard InChI is InChI=1S/C22H16FNO6/c23-18-9-16(12-28-21(25)15-7-4-8-19(11-15)24(26)27)20-17(10-18)13-29-22(30-20)14-5-2-1-3-6-14/h1-11,22H,12-13H2/t22-/m1/s1. The molecule has 3 aromatic rings. The highest BCUT2D eigenvalue weighted by Crippen LogP contribution is 2.37. The number of benzene rings is 3. The highest BCUT2D eigenvalue weighted by Gasteiger charge is 2.26. The van der Waals surface area contributed by atoms with E-state index in [1.807, 2.05) is 30.3 Å². The quantitative estimate of drug-likeness (QED) is 0.345. The zero-order chi connectivity index (χ0) is 21.1. The molecule has 8 heteroatoms. The maximum Gasteiger partial charge on any atom is 0.338 e. The van der Waals surface area contributed by atoms with Crippen LogP contribution in [0.2, 0.25) is 0 Å². The number of hydrogen-bond acceptors (Lipinski definition) is 6. The molecule has 0 saturated heterocycles. The lowest BCUT2D eigenvalue weighted by atomic mass is 10.1. The highest BCUT2D eigenvalue weighted by molar-refractivity contribution is 5.90. The summed E-state index contributed by atoms with van der Waals surface area (Å²) in [4.78, 5) is 22.6. The number of hydrogen-bond donors (Lipinski definition) is 0. The summed E-state index contributed by atoms with van der Waals surface area (Å²) in [5, 5.41) is 10.9. The average molecular weight is 409 g/mol. The van der Waals surface area contributed by atoms with Crippen molar-refractivity contribution in [2.75, 3.05) is 0 Å². The monoisotopic (exact) mass is 409 g/mol. The van der Waals surface area contributed by atoms with Crippen LogP contribution in [0.15, 0.2) is 66.7 Å². The topological polar surface area (TPSA) is 87.9 Å². The van der Waals surface area contributed by atoms with E-state index in [0.717, 1.165) is 11.6 Å². The molecular formula is C22H16FNO6. The van der Waals surface area contributed by atoms with Crippen LogP contribution in [0.25, 0.3) is 0 Å². The Morgan fingerprint density at radius 3 is 2.70 bits per heavy atom. The molecule has 30 heavy (non-hydrogen) atoms. The molecule has 0 unspecified atom stereocenters. The van der Waals surface area contributed by atoms with Crippen molar-refractivity contribution in [3.63, 3.8) is 0 Å². The number of carbonyl (C=O) groups excluding carboxylic acids is 1. The van der Waals surface area contributed by atoms with Crippen molar-refractivity contribution in [2.45, 2.75) is 19.5 Å². The van der Waals surface area contributed by atoms with E-state index in [0.29, 0.717) is 16.9 Å². The van der Waals surface area contributed by atoms with Gasteiger partial charge in [-0.3, -0.25) is 10.1 Å². The second kappa shape index (κ2) is 8.30. The van der Waals surface area contributed by atoms with Crippen molar-refractivity contribution in [1.29, 1.82) is 0 Å². The highest BCUT2D eigenvalue weighted by atomic mass is 19.1. The zero-order valence-corrected chi connectivity index (χ0v) is 15.6. The maximum atomic E-state index is 14.0. The van der Waals surface area contributed by atoms with E-state index >= 15 is 0 Å². The molecule has 1 heterocycles. The van der Waals surface area contributed by atoms with E-state index in [-0.39, 0.29) is 24.5 Å². The minimum absolute atomic E-state index is 0.0286. The molecule has 1 aliphatic rings. The van der Waals surface area contributed by atoms with E-state index in [4.69, 9.17) is 14.2 Å². The first-order valence-corrected chi connectivity index (χ1v) is 9.07. The Balaban J connectivity index is 1.54. The first kappa shape index (κ1) is 19.5. The van der Waals surface area contributed by atoms with Crippen LogP contribution >= 0.6 is 0 Å². The van der Waals surface area contributed by atoms with Gasteiger partial charge in [-0.05, 0) is 18.2 Å². The molecule has 4 rings (SSSR count). The Labute approximate surface area is 170 Å². The number of halogens is 1. The van der Waals surface area contributed by atoms with Gasteiger partial charge in [-0.1, -0.05) is 36.4 Å². The van der Waals surface area contributed by atoms with Crippen LogP contribution in [-0.2, 0) is 22.7 Å². The van der Waals surface area contributed by atoms with Gasteiger partial charge in [0, 0.05) is 28.8 Å². The number of nitro benzene ring substituents is 1. The Morgan fingerprint density at radius 1 is 1.13 bits per heavy atom. The fourth-order valence-electron chi connectivity index (χ4n) is 3.13. The fraction of sp³-hybridized carbons (Fsp3) is 0.136. The van der Waals surface area contributed by atoms with E-state index in [1.54, 1.807) is 0 Å². The number of esters is 1. The van der Waals surface area contributed by atoms with Gasteiger partial charge in [0.2, 0.25) is 6.29 Å². The Bertz CT molecular complexity index is 1100. The molecule has 0 spiro atoms. The molecule has 152 valence electrons. The van der Waals surface area contributed by atoms with Crippen molar-refractivity contribution in [1.82, 2.24) is 0 Å². The van der Waals surface area contributed by atoms with Gasteiger partial charge >= 0.3 is 5.97 Å². The number of fused-ring (bicyclic) bond motifs is 1. The van der Waals surface area contributed by atoms with Crippen molar-refractivity contribution in [3.05, 3.63) is 105 Å². The fourth-order valence-corrected chi connectivity index (χ4v) is 3.13. The van der Waals surface area contributed by atoms with Crippen molar-refractivity contribution in [2.24, 2.45) is 0 Å². The van der Waals surface area contributed by atoms with Crippen LogP contribution in [0.4, 0.5) is 10.1 Å². The van der Waals surface area contributed by atoms with E-state index in [2.05, 4.69) is 0 Å². The Kier molecular flexibility index (Phi) is 5.40. The van der Waals surface area contributed by atoms with E-state index in [1.165, 1.54) is 30.3 Å². The summed E-state index contributed by atoms with van der Waals surface area (Å²) >= 11 is 0. The van der Waals surface area contributed by atoms with Gasteiger partial charge < -0.3 is 14.2 Å². The minimum Gasteiger partial charge on any atom is -0.460 e. The molecular weight excluding hydrogens is 393 g/mol. The lowest BCUT2D eigenvalue weighted by Gasteiger charge is -2.28. The van der Waals surface area contributed by atoms with Crippen LogP contribution in [0.1, 0.15) is 33.3 Å². The zero-order valence-electron chi connectivity index (χ0n) is 15.6. The summed E-state index contributed by atoms with van der Waals surface area (Å²) in [6.07, 6.45) is -0.671. The summed E-state index contributed by atoms with van der Waals surface area (Å²) in [5.41, 5.74) is 1.45. The summed E-state index contributed by atoms with van der Waals surface area (Å²) in [6.45, 7) is -0.123. The summed E-state index contributed by atoms with van der Waals surface area (Å²) < 4.78 is 30.9. The first-order valence-electron chi connectivity index (χ1n) is 9.07. The molecule has 1 atom stereocenters. The number of nitrogens with zero attached hydrogens (tertiary/aromatic N) is 1. The second-order valence-electron chi connectivity index (χ2n) is 6.61. The van der Waals surface area contributed by atoms with E-state index in [9.17, 15) is 19.3 Å². The van der Waals surface area contributed by atoms with Gasteiger partial charge in [-0.2, -0.15) is 0 Å². The van der Waals surface area contributed by atoms with Crippen LogP contribution in [0, 0.1) is 15.9 Å². The number of carbonyl (C=O) groups is 1. The van der Waals surface area contributed by atoms with Gasteiger partial charge in [0.1, 0.15) is 18.2 Å². The molecule has 0 fully saturated rings. The number of rotatable bonds is 5. The molecule has 0 aromatic heterocycles. The van der Waals surface area contributed by atoms with Crippen molar-refractivity contribution >= 4 is 11.7 Å². The summed E-state index contributed by atoms with van der Waals surface area (Å²) in [6, 6.07) is 17.0. The minimum atomic E-state index is -0.761. The lowest BCUT2D eigenvalue weighted by Crippen LogP contribution is -2.20. The molecule has 0 bridgehead atoms. The molecule has 1 aliphatic heterocycles. The second-order valence-corrected chi connectivity index (χ2v) is 6.61. The van der Waals surface area contributed by atoms with E-state index < -0.39 is 23.0 Å². The normalized spacial score (nSPS) is 15.0. The van der Waals surface area contributed by atoms with Gasteiger partial charge in [0.05, 0.1) is 17.1 Å². The largest absolute Gasteiger partial charge is 0.460 e. The van der Waals surface area contributed by atoms with Gasteiger partial charge in [0.25, 0.3) is 5.69 Å². The maximum absolute atomic E-state index is 14.0. The van der Waals surface area contributed by atoms with Crippen LogP contribution in [0.3, 0.4) is 0 Å². The third-order valence-corrected chi connectivity index (χ3v) is 4.55.